The van der Waals surface area contributed by atoms with E-state index >= 15 is 0 Å². The third kappa shape index (κ3) is 2.12. The fourth-order valence-corrected chi connectivity index (χ4v) is 1.73. The Morgan fingerprint density at radius 3 is 3.07 bits per heavy atom. The lowest BCUT2D eigenvalue weighted by Gasteiger charge is -2.22. The molecule has 1 atom stereocenters. The standard InChI is InChI=1S/C10H14N4O/c1-14(8-2-3-11-6-8)10(15)9-7-12-4-5-13-9/h4-5,7-8,11H,2-3,6H2,1H3/t8-/m0/s1. The van der Waals surface area contributed by atoms with Crippen LogP contribution < -0.4 is 5.32 Å². The molecule has 0 radical (unpaired) electrons. The van der Waals surface area contributed by atoms with Crippen LogP contribution in [0.15, 0.2) is 18.6 Å². The van der Waals surface area contributed by atoms with Crippen LogP contribution in [0, 0.1) is 0 Å². The van der Waals surface area contributed by atoms with E-state index in [2.05, 4.69) is 15.3 Å². The first-order valence-corrected chi connectivity index (χ1v) is 5.03. The van der Waals surface area contributed by atoms with Crippen molar-refractivity contribution in [1.82, 2.24) is 20.2 Å². The number of nitrogens with one attached hydrogen (secondary N) is 1. The summed E-state index contributed by atoms with van der Waals surface area (Å²) < 4.78 is 0. The summed E-state index contributed by atoms with van der Waals surface area (Å²) in [5, 5.41) is 3.23. The molecule has 1 aliphatic rings. The van der Waals surface area contributed by atoms with Crippen molar-refractivity contribution in [2.45, 2.75) is 12.5 Å². The van der Waals surface area contributed by atoms with Crippen LogP contribution in [0.4, 0.5) is 0 Å². The quantitative estimate of drug-likeness (QED) is 0.734. The SMILES string of the molecule is CN(C(=O)c1cnccn1)[C@H]1CCNC1. The maximum atomic E-state index is 11.9. The molecule has 1 aliphatic heterocycles. The number of rotatable bonds is 2. The fourth-order valence-electron chi connectivity index (χ4n) is 1.73. The lowest BCUT2D eigenvalue weighted by atomic mass is 10.2. The molecule has 2 heterocycles. The highest BCUT2D eigenvalue weighted by atomic mass is 16.2. The van der Waals surface area contributed by atoms with Gasteiger partial charge in [0.2, 0.25) is 0 Å². The van der Waals surface area contributed by atoms with E-state index in [0.29, 0.717) is 5.69 Å². The van der Waals surface area contributed by atoms with Crippen LogP contribution >= 0.6 is 0 Å². The predicted octanol–water partition coefficient (Wildman–Crippen LogP) is -0.0895. The number of carbonyl (C=O) groups excluding carboxylic acids is 1. The summed E-state index contributed by atoms with van der Waals surface area (Å²) in [4.78, 5) is 21.6. The van der Waals surface area contributed by atoms with Crippen molar-refractivity contribution in [3.05, 3.63) is 24.3 Å². The van der Waals surface area contributed by atoms with E-state index in [-0.39, 0.29) is 11.9 Å². The number of hydrogen-bond donors (Lipinski definition) is 1. The van der Waals surface area contributed by atoms with Gasteiger partial charge >= 0.3 is 0 Å². The summed E-state index contributed by atoms with van der Waals surface area (Å²) in [6.07, 6.45) is 5.60. The first-order valence-electron chi connectivity index (χ1n) is 5.03. The second-order valence-electron chi connectivity index (χ2n) is 3.65. The minimum Gasteiger partial charge on any atom is -0.336 e. The normalized spacial score (nSPS) is 20.2. The molecule has 1 amide bonds. The number of hydrogen-bond acceptors (Lipinski definition) is 4. The molecule has 15 heavy (non-hydrogen) atoms. The maximum Gasteiger partial charge on any atom is 0.274 e. The molecule has 0 spiro atoms. The van der Waals surface area contributed by atoms with Crippen LogP contribution in [0.3, 0.4) is 0 Å². The fraction of sp³-hybridized carbons (Fsp3) is 0.500. The van der Waals surface area contributed by atoms with Gasteiger partial charge in [-0.1, -0.05) is 0 Å². The molecular weight excluding hydrogens is 192 g/mol. The van der Waals surface area contributed by atoms with Gasteiger partial charge in [-0.2, -0.15) is 0 Å². The monoisotopic (exact) mass is 206 g/mol. The zero-order chi connectivity index (χ0) is 10.7. The number of carbonyl (C=O) groups is 1. The second-order valence-corrected chi connectivity index (χ2v) is 3.65. The zero-order valence-corrected chi connectivity index (χ0v) is 8.68. The van der Waals surface area contributed by atoms with Crippen molar-refractivity contribution in [1.29, 1.82) is 0 Å². The van der Waals surface area contributed by atoms with E-state index in [1.54, 1.807) is 11.1 Å². The molecule has 2 rings (SSSR count). The van der Waals surface area contributed by atoms with E-state index in [9.17, 15) is 4.79 Å². The highest BCUT2D eigenvalue weighted by Gasteiger charge is 2.24. The summed E-state index contributed by atoms with van der Waals surface area (Å²) in [5.41, 5.74) is 0.409. The van der Waals surface area contributed by atoms with Crippen LogP contribution in [0.5, 0.6) is 0 Å². The second kappa shape index (κ2) is 4.35. The number of likely N-dealkylation sites (N-methyl/N-ethyl adjacent to an activating group) is 1. The number of amides is 1. The molecule has 5 heteroatoms. The summed E-state index contributed by atoms with van der Waals surface area (Å²) in [7, 11) is 1.81. The summed E-state index contributed by atoms with van der Waals surface area (Å²) in [6.45, 7) is 1.84. The average Bonchev–Trinajstić information content (AvgIpc) is 2.82. The Bertz CT molecular complexity index is 335. The van der Waals surface area contributed by atoms with Gasteiger partial charge in [-0.15, -0.1) is 0 Å². The molecule has 1 fully saturated rings. The largest absolute Gasteiger partial charge is 0.336 e. The minimum absolute atomic E-state index is 0.0585. The Hall–Kier alpha value is -1.49. The Labute approximate surface area is 88.5 Å². The molecule has 1 aromatic rings. The van der Waals surface area contributed by atoms with E-state index in [1.807, 2.05) is 7.05 Å². The Morgan fingerprint density at radius 2 is 2.47 bits per heavy atom. The summed E-state index contributed by atoms with van der Waals surface area (Å²) >= 11 is 0. The zero-order valence-electron chi connectivity index (χ0n) is 8.68. The van der Waals surface area contributed by atoms with Gasteiger partial charge in [-0.25, -0.2) is 4.98 Å². The van der Waals surface area contributed by atoms with E-state index in [1.165, 1.54) is 12.4 Å². The highest BCUT2D eigenvalue weighted by molar-refractivity contribution is 5.92. The maximum absolute atomic E-state index is 11.9. The highest BCUT2D eigenvalue weighted by Crippen LogP contribution is 2.09. The first-order chi connectivity index (χ1) is 7.29. The minimum atomic E-state index is -0.0585. The average molecular weight is 206 g/mol. The van der Waals surface area contributed by atoms with E-state index in [4.69, 9.17) is 0 Å². The molecule has 0 unspecified atom stereocenters. The summed E-state index contributed by atoms with van der Waals surface area (Å²) in [5.74, 6) is -0.0585. The van der Waals surface area contributed by atoms with Gasteiger partial charge < -0.3 is 10.2 Å². The van der Waals surface area contributed by atoms with Gasteiger partial charge in [0.25, 0.3) is 5.91 Å². The molecule has 0 bridgehead atoms. The Kier molecular flexibility index (Phi) is 2.91. The lowest BCUT2D eigenvalue weighted by Crippen LogP contribution is -2.38. The third-order valence-corrected chi connectivity index (χ3v) is 2.68. The van der Waals surface area contributed by atoms with Gasteiger partial charge in [0.1, 0.15) is 5.69 Å². The van der Waals surface area contributed by atoms with Gasteiger partial charge in [-0.3, -0.25) is 9.78 Å². The predicted molar refractivity (Wildman–Crippen MR) is 55.4 cm³/mol. The first kappa shape index (κ1) is 10.0. The van der Waals surface area contributed by atoms with Crippen molar-refractivity contribution >= 4 is 5.91 Å². The smallest absolute Gasteiger partial charge is 0.274 e. The van der Waals surface area contributed by atoms with Crippen molar-refractivity contribution in [3.63, 3.8) is 0 Å². The van der Waals surface area contributed by atoms with Crippen molar-refractivity contribution in [3.8, 4) is 0 Å². The lowest BCUT2D eigenvalue weighted by molar-refractivity contribution is 0.0737. The molecule has 0 saturated carbocycles. The number of nitrogens with zero attached hydrogens (tertiary/aromatic N) is 3. The van der Waals surface area contributed by atoms with Gasteiger partial charge in [-0.05, 0) is 13.0 Å². The van der Waals surface area contributed by atoms with Gasteiger partial charge in [0, 0.05) is 32.0 Å². The Balaban J connectivity index is 2.07. The third-order valence-electron chi connectivity index (χ3n) is 2.68. The molecule has 80 valence electrons. The Morgan fingerprint density at radius 1 is 1.60 bits per heavy atom. The number of aromatic nitrogens is 2. The van der Waals surface area contributed by atoms with Crippen molar-refractivity contribution < 1.29 is 4.79 Å². The molecular formula is C10H14N4O. The van der Waals surface area contributed by atoms with E-state index < -0.39 is 0 Å². The molecule has 0 aromatic carbocycles. The van der Waals surface area contributed by atoms with Gasteiger partial charge in [0.15, 0.2) is 0 Å². The molecule has 5 nitrogen and oxygen atoms in total. The van der Waals surface area contributed by atoms with Crippen LogP contribution in [-0.4, -0.2) is 47.0 Å². The molecule has 1 aromatic heterocycles. The van der Waals surface area contributed by atoms with Crippen molar-refractivity contribution in [2.24, 2.45) is 0 Å². The van der Waals surface area contributed by atoms with Crippen LogP contribution in [0.2, 0.25) is 0 Å². The molecule has 1 N–H and O–H groups in total. The topological polar surface area (TPSA) is 58.1 Å². The van der Waals surface area contributed by atoms with Crippen molar-refractivity contribution in [2.75, 3.05) is 20.1 Å². The van der Waals surface area contributed by atoms with Crippen LogP contribution in [0.25, 0.3) is 0 Å². The van der Waals surface area contributed by atoms with Gasteiger partial charge in [0.05, 0.1) is 6.20 Å². The van der Waals surface area contributed by atoms with Crippen LogP contribution in [-0.2, 0) is 0 Å². The van der Waals surface area contributed by atoms with Crippen LogP contribution in [0.1, 0.15) is 16.9 Å². The molecule has 0 aliphatic carbocycles. The molecule has 1 saturated heterocycles. The summed E-state index contributed by atoms with van der Waals surface area (Å²) in [6, 6.07) is 0.277. The van der Waals surface area contributed by atoms with E-state index in [0.717, 1.165) is 19.5 Å².